The molecule has 1 nitrogen and oxygen atoms in total. The number of rotatable bonds is 3. The van der Waals surface area contributed by atoms with Crippen LogP contribution in [0.25, 0.3) is 0 Å². The Labute approximate surface area is 112 Å². The van der Waals surface area contributed by atoms with Gasteiger partial charge in [-0.1, -0.05) is 53.7 Å². The van der Waals surface area contributed by atoms with Crippen molar-refractivity contribution in [1.82, 2.24) is 0 Å². The first-order valence-electron chi connectivity index (χ1n) is 6.92. The van der Waals surface area contributed by atoms with Gasteiger partial charge in [0.25, 0.3) is 0 Å². The van der Waals surface area contributed by atoms with Crippen LogP contribution in [0.4, 0.5) is 0 Å². The molecule has 0 saturated heterocycles. The molecule has 0 fully saturated rings. The lowest BCUT2D eigenvalue weighted by atomic mass is 9.84. The van der Waals surface area contributed by atoms with E-state index in [1.165, 1.54) is 18.4 Å². The molecule has 0 aliphatic heterocycles. The molecule has 0 bridgehead atoms. The average molecular weight is 248 g/mol. The van der Waals surface area contributed by atoms with Gasteiger partial charge in [0.15, 0.2) is 0 Å². The van der Waals surface area contributed by atoms with E-state index in [2.05, 4.69) is 47.6 Å². The van der Waals surface area contributed by atoms with Gasteiger partial charge in [-0.25, -0.2) is 0 Å². The predicted octanol–water partition coefficient (Wildman–Crippen LogP) is 5.06. The molecule has 0 heterocycles. The smallest absolute Gasteiger partial charge is 0.119 e. The number of aryl methyl sites for hydroxylation is 1. The molecule has 1 heteroatoms. The summed E-state index contributed by atoms with van der Waals surface area (Å²) in [6.45, 7) is 13.3. The van der Waals surface area contributed by atoms with E-state index in [4.69, 9.17) is 0 Å². The Morgan fingerprint density at radius 2 is 1.61 bits per heavy atom. The molecule has 1 N–H and O–H groups in total. The summed E-state index contributed by atoms with van der Waals surface area (Å²) in [6.07, 6.45) is 3.54. The molecule has 0 aliphatic rings. The second-order valence-corrected chi connectivity index (χ2v) is 7.52. The molecule has 0 saturated carbocycles. The number of phenolic OH excluding ortho intramolecular Hbond substituents is 1. The molecule has 0 spiro atoms. The van der Waals surface area contributed by atoms with Crippen LogP contribution in [0.2, 0.25) is 0 Å². The van der Waals surface area contributed by atoms with E-state index in [1.54, 1.807) is 0 Å². The van der Waals surface area contributed by atoms with Crippen molar-refractivity contribution < 1.29 is 5.11 Å². The van der Waals surface area contributed by atoms with Crippen molar-refractivity contribution in [2.45, 2.75) is 66.2 Å². The molecule has 1 aromatic carbocycles. The van der Waals surface area contributed by atoms with Gasteiger partial charge in [0.1, 0.15) is 5.75 Å². The zero-order chi connectivity index (χ0) is 14.0. The summed E-state index contributed by atoms with van der Waals surface area (Å²) >= 11 is 0. The van der Waals surface area contributed by atoms with Crippen LogP contribution >= 0.6 is 0 Å². The number of benzene rings is 1. The second kappa shape index (κ2) is 5.34. The molecule has 0 aromatic heterocycles. The maximum atomic E-state index is 9.93. The minimum Gasteiger partial charge on any atom is -0.508 e. The van der Waals surface area contributed by atoms with Crippen LogP contribution in [-0.4, -0.2) is 5.11 Å². The van der Waals surface area contributed by atoms with Crippen molar-refractivity contribution >= 4 is 0 Å². The molecule has 1 rings (SSSR count). The normalized spacial score (nSPS) is 12.8. The van der Waals surface area contributed by atoms with E-state index in [1.807, 2.05) is 12.1 Å². The fourth-order valence-corrected chi connectivity index (χ4v) is 2.16. The highest BCUT2D eigenvalue weighted by molar-refractivity contribution is 5.40. The fourth-order valence-electron chi connectivity index (χ4n) is 2.16. The lowest BCUT2D eigenvalue weighted by Gasteiger charge is -2.22. The lowest BCUT2D eigenvalue weighted by Crippen LogP contribution is -2.12. The third-order valence-corrected chi connectivity index (χ3v) is 3.26. The number of hydrogen-bond acceptors (Lipinski definition) is 1. The maximum absolute atomic E-state index is 9.93. The van der Waals surface area contributed by atoms with Gasteiger partial charge in [-0.15, -0.1) is 0 Å². The molecule has 0 unspecified atom stereocenters. The monoisotopic (exact) mass is 248 g/mol. The van der Waals surface area contributed by atoms with E-state index in [0.29, 0.717) is 11.2 Å². The van der Waals surface area contributed by atoms with Crippen molar-refractivity contribution in [3.05, 3.63) is 29.3 Å². The van der Waals surface area contributed by atoms with Gasteiger partial charge in [0.2, 0.25) is 0 Å². The Morgan fingerprint density at radius 1 is 1.00 bits per heavy atom. The maximum Gasteiger partial charge on any atom is 0.119 e. The van der Waals surface area contributed by atoms with Crippen LogP contribution in [0.5, 0.6) is 5.75 Å². The van der Waals surface area contributed by atoms with Crippen LogP contribution in [0.15, 0.2) is 18.2 Å². The summed E-state index contributed by atoms with van der Waals surface area (Å²) in [5.74, 6) is 0.419. The van der Waals surface area contributed by atoms with Crippen LogP contribution in [0.1, 0.15) is 65.5 Å². The minimum atomic E-state index is 0.00409. The zero-order valence-corrected chi connectivity index (χ0v) is 12.8. The first-order valence-corrected chi connectivity index (χ1v) is 6.92. The Balaban J connectivity index is 2.74. The number of aromatic hydroxyl groups is 1. The highest BCUT2D eigenvalue weighted by Crippen LogP contribution is 2.32. The quantitative estimate of drug-likeness (QED) is 0.792. The molecule has 0 aliphatic carbocycles. The Kier molecular flexibility index (Phi) is 4.47. The topological polar surface area (TPSA) is 20.2 Å². The van der Waals surface area contributed by atoms with Crippen molar-refractivity contribution in [2.24, 2.45) is 5.41 Å². The van der Waals surface area contributed by atoms with Crippen LogP contribution in [0, 0.1) is 5.41 Å². The van der Waals surface area contributed by atoms with Crippen molar-refractivity contribution in [2.75, 3.05) is 0 Å². The predicted molar refractivity (Wildman–Crippen MR) is 79.2 cm³/mol. The van der Waals surface area contributed by atoms with Gasteiger partial charge in [-0.3, -0.25) is 0 Å². The van der Waals surface area contributed by atoms with Crippen LogP contribution in [-0.2, 0) is 11.8 Å². The molecule has 0 amide bonds. The fraction of sp³-hybridized carbons (Fsp3) is 0.647. The first kappa shape index (κ1) is 15.1. The first-order chi connectivity index (χ1) is 8.09. The number of hydrogen-bond donors (Lipinski definition) is 1. The SMILES string of the molecule is CC(C)(C)CCCc1ccc(O)c(C(C)(C)C)c1. The summed E-state index contributed by atoms with van der Waals surface area (Å²) in [4.78, 5) is 0. The van der Waals surface area contributed by atoms with Crippen LogP contribution < -0.4 is 0 Å². The Morgan fingerprint density at radius 3 is 2.11 bits per heavy atom. The van der Waals surface area contributed by atoms with Gasteiger partial charge in [-0.05, 0) is 47.3 Å². The molecule has 0 atom stereocenters. The third-order valence-electron chi connectivity index (χ3n) is 3.26. The van der Waals surface area contributed by atoms with Crippen molar-refractivity contribution in [3.8, 4) is 5.75 Å². The highest BCUT2D eigenvalue weighted by Gasteiger charge is 2.18. The van der Waals surface area contributed by atoms with E-state index in [0.717, 1.165) is 12.0 Å². The summed E-state index contributed by atoms with van der Waals surface area (Å²) in [7, 11) is 0. The summed E-state index contributed by atoms with van der Waals surface area (Å²) < 4.78 is 0. The summed E-state index contributed by atoms with van der Waals surface area (Å²) in [5.41, 5.74) is 2.80. The molecule has 1 aromatic rings. The molecule has 0 radical (unpaired) electrons. The van der Waals surface area contributed by atoms with Gasteiger partial charge < -0.3 is 5.11 Å². The zero-order valence-electron chi connectivity index (χ0n) is 12.8. The van der Waals surface area contributed by atoms with Gasteiger partial charge in [0.05, 0.1) is 0 Å². The number of phenols is 1. The van der Waals surface area contributed by atoms with E-state index in [9.17, 15) is 5.11 Å². The Hall–Kier alpha value is -0.980. The van der Waals surface area contributed by atoms with Crippen LogP contribution in [0.3, 0.4) is 0 Å². The molecular formula is C17H28O. The highest BCUT2D eigenvalue weighted by atomic mass is 16.3. The Bertz CT molecular complexity index is 391. The van der Waals surface area contributed by atoms with E-state index < -0.39 is 0 Å². The second-order valence-electron chi connectivity index (χ2n) is 7.52. The largest absolute Gasteiger partial charge is 0.508 e. The van der Waals surface area contributed by atoms with E-state index in [-0.39, 0.29) is 5.41 Å². The van der Waals surface area contributed by atoms with Crippen molar-refractivity contribution in [3.63, 3.8) is 0 Å². The lowest BCUT2D eigenvalue weighted by molar-refractivity contribution is 0.365. The van der Waals surface area contributed by atoms with Crippen molar-refractivity contribution in [1.29, 1.82) is 0 Å². The van der Waals surface area contributed by atoms with Gasteiger partial charge in [-0.2, -0.15) is 0 Å². The average Bonchev–Trinajstić information content (AvgIpc) is 2.17. The summed E-state index contributed by atoms with van der Waals surface area (Å²) in [6, 6.07) is 6.05. The molecule has 102 valence electrons. The van der Waals surface area contributed by atoms with Gasteiger partial charge >= 0.3 is 0 Å². The minimum absolute atomic E-state index is 0.00409. The van der Waals surface area contributed by atoms with Gasteiger partial charge in [0, 0.05) is 0 Å². The summed E-state index contributed by atoms with van der Waals surface area (Å²) in [5, 5.41) is 9.93. The standard InChI is InChI=1S/C17H28O/c1-16(2,3)11-7-8-13-9-10-15(18)14(12-13)17(4,5)6/h9-10,12,18H,7-8,11H2,1-6H3. The third kappa shape index (κ3) is 4.72. The molecule has 18 heavy (non-hydrogen) atoms. The molecular weight excluding hydrogens is 220 g/mol. The van der Waals surface area contributed by atoms with E-state index >= 15 is 0 Å².